The Bertz CT molecular complexity index is 540. The van der Waals surface area contributed by atoms with E-state index < -0.39 is 79.6 Å². The summed E-state index contributed by atoms with van der Waals surface area (Å²) in [6, 6.07) is 0. The van der Waals surface area contributed by atoms with Crippen LogP contribution >= 0.6 is 0 Å². The third kappa shape index (κ3) is 4.65. The average molecular weight is 414 g/mol. The molecule has 0 bridgehead atoms. The minimum absolute atomic E-state index is 0.746. The van der Waals surface area contributed by atoms with E-state index in [0.717, 1.165) is 14.0 Å². The summed E-state index contributed by atoms with van der Waals surface area (Å²) in [4.78, 5) is 23.6. The summed E-state index contributed by atoms with van der Waals surface area (Å²) >= 11 is 0. The maximum Gasteiger partial charge on any atom is 0.348 e. The summed E-state index contributed by atoms with van der Waals surface area (Å²) < 4.78 is 14.5. The van der Waals surface area contributed by atoms with Crippen LogP contribution in [0.3, 0.4) is 0 Å². The lowest BCUT2D eigenvalue weighted by Gasteiger charge is -2.43. The van der Waals surface area contributed by atoms with Crippen LogP contribution in [0.1, 0.15) is 6.92 Å². The highest BCUT2D eigenvalue weighted by molar-refractivity contribution is 6.06. The summed E-state index contributed by atoms with van der Waals surface area (Å²) in [7, 11) is 0.818. The molecular weight excluding hydrogens is 388 g/mol. The van der Waals surface area contributed by atoms with Crippen LogP contribution in [0.5, 0.6) is 0 Å². The van der Waals surface area contributed by atoms with Crippen LogP contribution in [0.15, 0.2) is 0 Å². The number of hydrogen-bond donors (Lipinski definition) is 8. The van der Waals surface area contributed by atoms with Gasteiger partial charge in [-0.2, -0.15) is 0 Å². The van der Waals surface area contributed by atoms with Crippen molar-refractivity contribution in [1.29, 1.82) is 0 Å². The van der Waals surface area contributed by atoms with Gasteiger partial charge in [0.15, 0.2) is 12.1 Å². The van der Waals surface area contributed by atoms with Gasteiger partial charge in [0, 0.05) is 0 Å². The van der Waals surface area contributed by atoms with E-state index in [1.54, 1.807) is 0 Å². The molecule has 0 radical (unpaired) electrons. The van der Waals surface area contributed by atoms with Gasteiger partial charge in [-0.3, -0.25) is 4.79 Å². The zero-order chi connectivity index (χ0) is 21.8. The van der Waals surface area contributed by atoms with Crippen molar-refractivity contribution in [1.82, 2.24) is 0 Å². The Labute approximate surface area is 159 Å². The number of carbonyl (C=O) groups excluding carboxylic acids is 2. The molecule has 0 spiro atoms. The molecule has 1 heterocycles. The lowest BCUT2D eigenvalue weighted by Crippen LogP contribution is -2.65. The maximum absolute atomic E-state index is 11.8. The molecule has 9 atom stereocenters. The molecule has 0 aromatic carbocycles. The van der Waals surface area contributed by atoms with Gasteiger partial charge in [-0.05, 0) is 6.92 Å². The van der Waals surface area contributed by atoms with Gasteiger partial charge in [0.05, 0.1) is 20.3 Å². The van der Waals surface area contributed by atoms with Crippen molar-refractivity contribution in [3.8, 4) is 0 Å². The first-order valence-corrected chi connectivity index (χ1v) is 8.22. The van der Waals surface area contributed by atoms with E-state index in [-0.39, 0.29) is 0 Å². The van der Waals surface area contributed by atoms with E-state index in [1.165, 1.54) is 0 Å². The number of esters is 1. The number of aliphatic hydroxyl groups excluding tert-OH is 7. The number of Topliss-reactive ketones (excluding diaryl/α,β-unsaturated/α-hetero) is 1. The van der Waals surface area contributed by atoms with Crippen molar-refractivity contribution in [2.45, 2.75) is 61.5 Å². The normalized spacial score (nSPS) is 33.4. The zero-order valence-corrected chi connectivity index (χ0v) is 15.2. The van der Waals surface area contributed by atoms with Crippen molar-refractivity contribution in [2.24, 2.45) is 0 Å². The number of rotatable bonds is 9. The van der Waals surface area contributed by atoms with Gasteiger partial charge in [-0.15, -0.1) is 0 Å². The second kappa shape index (κ2) is 9.98. The molecule has 164 valence electrons. The first-order chi connectivity index (χ1) is 13.0. The molecule has 8 N–H and O–H groups in total. The summed E-state index contributed by atoms with van der Waals surface area (Å²) in [6.45, 7) is -1.13. The van der Waals surface area contributed by atoms with Crippen LogP contribution in [0.25, 0.3) is 0 Å². The number of ketones is 1. The molecule has 1 saturated heterocycles. The van der Waals surface area contributed by atoms with E-state index in [9.17, 15) is 50.4 Å². The van der Waals surface area contributed by atoms with Crippen LogP contribution in [-0.4, -0.2) is 128 Å². The number of hydrogen-bond acceptors (Lipinski definition) is 13. The molecule has 1 aliphatic heterocycles. The standard InChI is InChI=1S/C15H26O13/c1-5(18)15(25,14(24)26-2)12(23)11(6(19)3-16)28-13-10(22)9(21)8(20)7(4-17)27-13/h6-13,16-17,19-23,25H,3-4H2,1-2H3/t6?,7-,8-,9+,10-,11?,12?,13-,15?/m1/s1. The second-order valence-corrected chi connectivity index (χ2v) is 6.31. The van der Waals surface area contributed by atoms with E-state index in [0.29, 0.717) is 0 Å². The SMILES string of the molecule is COC(=O)C(O)(C(C)=O)C(O)C(O[C@H]1O[C@H](CO)[C@@H](O)[C@H](O)[C@H]1O)C(O)CO. The zero-order valence-electron chi connectivity index (χ0n) is 15.2. The van der Waals surface area contributed by atoms with Crippen molar-refractivity contribution < 1.29 is 64.7 Å². The lowest BCUT2D eigenvalue weighted by atomic mass is 9.86. The molecule has 0 saturated carbocycles. The fraction of sp³-hybridized carbons (Fsp3) is 0.867. The maximum atomic E-state index is 11.8. The minimum Gasteiger partial charge on any atom is -0.466 e. The molecule has 13 nitrogen and oxygen atoms in total. The summed E-state index contributed by atoms with van der Waals surface area (Å²) in [5.74, 6) is -2.86. The van der Waals surface area contributed by atoms with E-state index >= 15 is 0 Å². The number of carbonyl (C=O) groups is 2. The molecule has 0 aromatic heterocycles. The molecule has 4 unspecified atom stereocenters. The Morgan fingerprint density at radius 2 is 1.68 bits per heavy atom. The Morgan fingerprint density at radius 1 is 1.11 bits per heavy atom. The number of ether oxygens (including phenoxy) is 3. The second-order valence-electron chi connectivity index (χ2n) is 6.31. The Balaban J connectivity index is 3.21. The molecule has 0 aromatic rings. The van der Waals surface area contributed by atoms with Gasteiger partial charge < -0.3 is 55.1 Å². The fourth-order valence-corrected chi connectivity index (χ4v) is 2.68. The topological polar surface area (TPSA) is 224 Å². The third-order valence-electron chi connectivity index (χ3n) is 4.48. The molecule has 0 amide bonds. The lowest BCUT2D eigenvalue weighted by molar-refractivity contribution is -0.328. The molecule has 28 heavy (non-hydrogen) atoms. The van der Waals surface area contributed by atoms with Gasteiger partial charge in [-0.25, -0.2) is 4.79 Å². The van der Waals surface area contributed by atoms with Crippen LogP contribution in [0, 0.1) is 0 Å². The predicted molar refractivity (Wildman–Crippen MR) is 85.4 cm³/mol. The summed E-state index contributed by atoms with van der Waals surface area (Å²) in [5.41, 5.74) is -3.20. The van der Waals surface area contributed by atoms with Crippen molar-refractivity contribution in [3.63, 3.8) is 0 Å². The highest BCUT2D eigenvalue weighted by atomic mass is 16.7. The Kier molecular flexibility index (Phi) is 8.83. The van der Waals surface area contributed by atoms with E-state index in [4.69, 9.17) is 9.47 Å². The van der Waals surface area contributed by atoms with E-state index in [2.05, 4.69) is 4.74 Å². The third-order valence-corrected chi connectivity index (χ3v) is 4.48. The average Bonchev–Trinajstić information content (AvgIpc) is 2.68. The highest BCUT2D eigenvalue weighted by Gasteiger charge is 2.56. The van der Waals surface area contributed by atoms with E-state index in [1.807, 2.05) is 0 Å². The van der Waals surface area contributed by atoms with Gasteiger partial charge in [0.25, 0.3) is 0 Å². The Morgan fingerprint density at radius 3 is 2.11 bits per heavy atom. The largest absolute Gasteiger partial charge is 0.466 e. The van der Waals surface area contributed by atoms with Gasteiger partial charge in [0.2, 0.25) is 5.60 Å². The quantitative estimate of drug-likeness (QED) is 0.130. The number of aliphatic hydroxyl groups is 8. The van der Waals surface area contributed by atoms with Gasteiger partial charge in [0.1, 0.15) is 42.7 Å². The minimum atomic E-state index is -3.20. The van der Waals surface area contributed by atoms with Gasteiger partial charge >= 0.3 is 5.97 Å². The van der Waals surface area contributed by atoms with Crippen LogP contribution in [0.4, 0.5) is 0 Å². The predicted octanol–water partition coefficient (Wildman–Crippen LogP) is -5.62. The Hall–Kier alpha value is -1.26. The first kappa shape index (κ1) is 24.8. The monoisotopic (exact) mass is 414 g/mol. The smallest absolute Gasteiger partial charge is 0.348 e. The first-order valence-electron chi connectivity index (χ1n) is 8.22. The van der Waals surface area contributed by atoms with Crippen LogP contribution < -0.4 is 0 Å². The van der Waals surface area contributed by atoms with Crippen molar-refractivity contribution in [2.75, 3.05) is 20.3 Å². The fourth-order valence-electron chi connectivity index (χ4n) is 2.68. The molecule has 1 aliphatic rings. The molecule has 1 fully saturated rings. The summed E-state index contributed by atoms with van der Waals surface area (Å²) in [5, 5.41) is 78.5. The van der Waals surface area contributed by atoms with Gasteiger partial charge in [-0.1, -0.05) is 0 Å². The molecule has 13 heteroatoms. The molecular formula is C15H26O13. The van der Waals surface area contributed by atoms with Crippen LogP contribution in [-0.2, 0) is 23.8 Å². The number of methoxy groups -OCH3 is 1. The van der Waals surface area contributed by atoms with Crippen molar-refractivity contribution in [3.05, 3.63) is 0 Å². The van der Waals surface area contributed by atoms with Crippen LogP contribution in [0.2, 0.25) is 0 Å². The van der Waals surface area contributed by atoms with Crippen molar-refractivity contribution >= 4 is 11.8 Å². The summed E-state index contributed by atoms with van der Waals surface area (Å²) in [6.07, 6.45) is -15.5. The molecule has 1 rings (SSSR count). The molecule has 0 aliphatic carbocycles. The highest BCUT2D eigenvalue weighted by Crippen LogP contribution is 2.27.